The first-order valence-electron chi connectivity index (χ1n) is 11.8. The number of nitrogens with zero attached hydrogens (tertiary/aromatic N) is 2. The number of likely N-dealkylation sites (N-methyl/N-ethyl adjacent to an activating group) is 1. The number of carbonyl (C=O) groups is 2. The predicted octanol–water partition coefficient (Wildman–Crippen LogP) is 1.66. The maximum atomic E-state index is 12.6. The average molecular weight is 482 g/mol. The van der Waals surface area contributed by atoms with Crippen molar-refractivity contribution in [2.75, 3.05) is 46.8 Å². The van der Waals surface area contributed by atoms with E-state index in [0.29, 0.717) is 18.9 Å². The summed E-state index contributed by atoms with van der Waals surface area (Å²) in [7, 11) is 3.59. The largest absolute Gasteiger partial charge is 0.390 e. The van der Waals surface area contributed by atoms with E-state index >= 15 is 0 Å². The third-order valence-corrected chi connectivity index (χ3v) is 5.69. The zero-order chi connectivity index (χ0) is 24.6. The summed E-state index contributed by atoms with van der Waals surface area (Å²) in [4.78, 5) is 26.2. The highest BCUT2D eigenvalue weighted by Crippen LogP contribution is 2.14. The molecular formula is C24H43N5O3S. The fourth-order valence-electron chi connectivity index (χ4n) is 3.21. The van der Waals surface area contributed by atoms with E-state index in [1.807, 2.05) is 30.3 Å². The molecule has 0 fully saturated rings. The molecule has 2 atom stereocenters. The first-order valence-corrected chi connectivity index (χ1v) is 12.6. The van der Waals surface area contributed by atoms with Gasteiger partial charge in [-0.05, 0) is 38.4 Å². The van der Waals surface area contributed by atoms with E-state index in [2.05, 4.69) is 40.4 Å². The van der Waals surface area contributed by atoms with Crippen molar-refractivity contribution in [3.8, 4) is 0 Å². The Bertz CT molecular complexity index is 675. The molecule has 0 aliphatic carbocycles. The zero-order valence-electron chi connectivity index (χ0n) is 20.8. The van der Waals surface area contributed by atoms with Gasteiger partial charge in [0.05, 0.1) is 25.2 Å². The van der Waals surface area contributed by atoms with Crippen LogP contribution in [0.4, 0.5) is 0 Å². The zero-order valence-corrected chi connectivity index (χ0v) is 21.7. The van der Waals surface area contributed by atoms with Crippen LogP contribution in [0.2, 0.25) is 0 Å². The van der Waals surface area contributed by atoms with Crippen LogP contribution >= 0.6 is 12.1 Å². The summed E-state index contributed by atoms with van der Waals surface area (Å²) >= 11 is 1.53. The fourth-order valence-corrected chi connectivity index (χ4v) is 4.23. The van der Waals surface area contributed by atoms with Crippen molar-refractivity contribution < 1.29 is 14.7 Å². The summed E-state index contributed by atoms with van der Waals surface area (Å²) in [5, 5.41) is 16.7. The minimum absolute atomic E-state index is 0.117. The molecule has 2 unspecified atom stereocenters. The smallest absolute Gasteiger partial charge is 0.239 e. The second-order valence-electron chi connectivity index (χ2n) is 9.03. The first kappa shape index (κ1) is 29.4. The van der Waals surface area contributed by atoms with Crippen molar-refractivity contribution in [2.45, 2.75) is 52.2 Å². The minimum Gasteiger partial charge on any atom is -0.390 e. The van der Waals surface area contributed by atoms with Gasteiger partial charge in [0.1, 0.15) is 0 Å². The van der Waals surface area contributed by atoms with Crippen LogP contribution in [0.25, 0.3) is 0 Å². The van der Waals surface area contributed by atoms with Crippen LogP contribution in [0.1, 0.15) is 39.2 Å². The van der Waals surface area contributed by atoms with Crippen molar-refractivity contribution in [1.82, 2.24) is 24.6 Å². The van der Waals surface area contributed by atoms with Gasteiger partial charge in [-0.3, -0.25) is 14.3 Å². The molecule has 8 nitrogen and oxygen atoms in total. The maximum absolute atomic E-state index is 12.6. The molecule has 0 saturated heterocycles. The van der Waals surface area contributed by atoms with Crippen molar-refractivity contribution in [3.05, 3.63) is 35.9 Å². The number of rotatable bonds is 17. The van der Waals surface area contributed by atoms with Gasteiger partial charge in [-0.25, -0.2) is 4.31 Å². The molecule has 0 spiro atoms. The summed E-state index contributed by atoms with van der Waals surface area (Å²) in [6, 6.07) is 9.32. The molecule has 0 aromatic heterocycles. The van der Waals surface area contributed by atoms with Crippen LogP contribution in [0.3, 0.4) is 0 Å². The molecule has 0 aliphatic rings. The molecular weight excluding hydrogens is 438 g/mol. The van der Waals surface area contributed by atoms with Crippen LogP contribution in [0.15, 0.2) is 30.3 Å². The number of unbranched alkanes of at least 4 members (excludes halogenated alkanes) is 1. The molecule has 1 aromatic rings. The van der Waals surface area contributed by atoms with Crippen LogP contribution < -0.4 is 15.4 Å². The third-order valence-electron chi connectivity index (χ3n) is 4.80. The van der Waals surface area contributed by atoms with Gasteiger partial charge < -0.3 is 20.6 Å². The van der Waals surface area contributed by atoms with Crippen molar-refractivity contribution in [3.63, 3.8) is 0 Å². The number of aliphatic hydroxyl groups is 1. The van der Waals surface area contributed by atoms with Crippen LogP contribution in [-0.2, 0) is 16.0 Å². The molecule has 2 amide bonds. The Morgan fingerprint density at radius 3 is 2.39 bits per heavy atom. The van der Waals surface area contributed by atoms with Crippen molar-refractivity contribution >= 4 is 23.9 Å². The number of amides is 2. The quantitative estimate of drug-likeness (QED) is 0.198. The molecule has 0 bridgehead atoms. The lowest BCUT2D eigenvalue weighted by atomic mass is 10.0. The van der Waals surface area contributed by atoms with Crippen LogP contribution in [0, 0.1) is 5.92 Å². The molecule has 33 heavy (non-hydrogen) atoms. The van der Waals surface area contributed by atoms with Gasteiger partial charge in [-0.2, -0.15) is 0 Å². The summed E-state index contributed by atoms with van der Waals surface area (Å²) in [5.41, 5.74) is 1.03. The van der Waals surface area contributed by atoms with Gasteiger partial charge in [-0.15, -0.1) is 0 Å². The van der Waals surface area contributed by atoms with Gasteiger partial charge in [0.25, 0.3) is 0 Å². The highest BCUT2D eigenvalue weighted by Gasteiger charge is 2.25. The van der Waals surface area contributed by atoms with E-state index in [9.17, 15) is 14.7 Å². The molecule has 1 rings (SSSR count). The third kappa shape index (κ3) is 14.3. The average Bonchev–Trinajstić information content (AvgIpc) is 2.74. The normalized spacial score (nSPS) is 13.4. The van der Waals surface area contributed by atoms with Gasteiger partial charge in [-0.1, -0.05) is 57.5 Å². The van der Waals surface area contributed by atoms with E-state index in [0.717, 1.165) is 31.5 Å². The first-order chi connectivity index (χ1) is 15.7. The molecule has 4 N–H and O–H groups in total. The Kier molecular flexibility index (Phi) is 15.0. The molecule has 1 aromatic carbocycles. The van der Waals surface area contributed by atoms with Crippen molar-refractivity contribution in [2.24, 2.45) is 5.92 Å². The Labute approximate surface area is 204 Å². The van der Waals surface area contributed by atoms with Gasteiger partial charge in [0, 0.05) is 31.8 Å². The Morgan fingerprint density at radius 1 is 1.09 bits per heavy atom. The minimum atomic E-state index is -0.772. The number of hydrogen-bond donors (Lipinski definition) is 4. The number of aliphatic hydroxyl groups excluding tert-OH is 1. The van der Waals surface area contributed by atoms with E-state index in [1.165, 1.54) is 12.1 Å². The highest BCUT2D eigenvalue weighted by molar-refractivity contribution is 7.95. The second-order valence-corrected chi connectivity index (χ2v) is 10.0. The lowest BCUT2D eigenvalue weighted by Gasteiger charge is -2.30. The topological polar surface area (TPSA) is 96.9 Å². The molecule has 0 saturated carbocycles. The highest BCUT2D eigenvalue weighted by atomic mass is 32.2. The van der Waals surface area contributed by atoms with E-state index in [1.54, 1.807) is 19.0 Å². The number of benzene rings is 1. The van der Waals surface area contributed by atoms with Gasteiger partial charge >= 0.3 is 0 Å². The molecule has 188 valence electrons. The predicted molar refractivity (Wildman–Crippen MR) is 137 cm³/mol. The summed E-state index contributed by atoms with van der Waals surface area (Å²) in [5.74, 6) is -0.0917. The Hall–Kier alpha value is -1.65. The van der Waals surface area contributed by atoms with Crippen molar-refractivity contribution in [1.29, 1.82) is 0 Å². The second kappa shape index (κ2) is 16.9. The van der Waals surface area contributed by atoms with Crippen LogP contribution in [-0.4, -0.2) is 85.1 Å². The maximum Gasteiger partial charge on any atom is 0.239 e. The number of hydrogen-bond acceptors (Lipinski definition) is 7. The number of carbonyl (C=O) groups excluding carboxylic acids is 2. The van der Waals surface area contributed by atoms with E-state index in [-0.39, 0.29) is 24.9 Å². The summed E-state index contributed by atoms with van der Waals surface area (Å²) < 4.78 is 5.49. The summed E-state index contributed by atoms with van der Waals surface area (Å²) in [6.07, 6.45) is 1.95. The Morgan fingerprint density at radius 2 is 1.79 bits per heavy atom. The fraction of sp³-hybridized carbons (Fsp3) is 0.667. The van der Waals surface area contributed by atoms with Crippen LogP contribution in [0.5, 0.6) is 0 Å². The summed E-state index contributed by atoms with van der Waals surface area (Å²) in [6.45, 7) is 8.67. The SMILES string of the molecule is CCCCNSN(CC(C)C)CC(O)C(Cc1ccccc1)NC(=O)CNC(=O)CN(C)C. The van der Waals surface area contributed by atoms with E-state index < -0.39 is 12.1 Å². The number of nitrogens with one attached hydrogen (secondary N) is 3. The van der Waals surface area contributed by atoms with Gasteiger partial charge in [0.15, 0.2) is 0 Å². The lowest BCUT2D eigenvalue weighted by molar-refractivity contribution is -0.127. The lowest BCUT2D eigenvalue weighted by Crippen LogP contribution is -2.51. The van der Waals surface area contributed by atoms with Gasteiger partial charge in [0.2, 0.25) is 11.8 Å². The molecule has 9 heteroatoms. The molecule has 0 aliphatic heterocycles. The molecule has 0 heterocycles. The molecule has 0 radical (unpaired) electrons. The van der Waals surface area contributed by atoms with E-state index in [4.69, 9.17) is 0 Å². The monoisotopic (exact) mass is 481 g/mol. The standard InChI is InChI=1S/C24H43N5O3S/c1-6-7-13-26-33-29(16-19(2)3)17-22(30)21(14-20-11-9-8-10-12-20)27-23(31)15-25-24(32)18-28(4)5/h8-12,19,21-22,26,30H,6-7,13-18H2,1-5H3,(H,25,32)(H,27,31). The Balaban J connectivity index is 2.78.